The lowest BCUT2D eigenvalue weighted by Crippen LogP contribution is -2.31. The first-order valence-electron chi connectivity index (χ1n) is 5.22. The van der Waals surface area contributed by atoms with Crippen LogP contribution in [-0.2, 0) is 10.8 Å². The van der Waals surface area contributed by atoms with Crippen LogP contribution in [0.2, 0.25) is 0 Å². The smallest absolute Gasteiger partial charge is 0.0386 e. The van der Waals surface area contributed by atoms with Crippen LogP contribution >= 0.6 is 0 Å². The monoisotopic (exact) mass is 203 g/mol. The summed E-state index contributed by atoms with van der Waals surface area (Å²) in [6, 6.07) is 0.0815. The fourth-order valence-electron chi connectivity index (χ4n) is 2.01. The van der Waals surface area contributed by atoms with Crippen molar-refractivity contribution in [2.45, 2.75) is 50.8 Å². The van der Waals surface area contributed by atoms with Crippen molar-refractivity contribution in [3.8, 4) is 0 Å². The molecule has 1 aliphatic rings. The Kier molecular flexibility index (Phi) is 4.39. The van der Waals surface area contributed by atoms with Gasteiger partial charge in [-0.15, -0.1) is 0 Å². The zero-order chi connectivity index (χ0) is 9.84. The molecule has 1 saturated carbocycles. The molecule has 0 aliphatic heterocycles. The van der Waals surface area contributed by atoms with Gasteiger partial charge in [-0.1, -0.05) is 19.8 Å². The van der Waals surface area contributed by atoms with Gasteiger partial charge in [0.25, 0.3) is 0 Å². The Hall–Kier alpha value is 0.110. The van der Waals surface area contributed by atoms with Crippen LogP contribution < -0.4 is 5.73 Å². The zero-order valence-corrected chi connectivity index (χ0v) is 9.48. The van der Waals surface area contributed by atoms with Crippen molar-refractivity contribution in [3.05, 3.63) is 0 Å². The molecule has 0 saturated heterocycles. The normalized spacial score (nSPS) is 34.1. The maximum absolute atomic E-state index is 11.8. The molecule has 0 spiro atoms. The van der Waals surface area contributed by atoms with Crippen molar-refractivity contribution in [1.82, 2.24) is 0 Å². The fraction of sp³-hybridized carbons (Fsp3) is 1.00. The van der Waals surface area contributed by atoms with Gasteiger partial charge in [-0.25, -0.2) is 0 Å². The molecule has 2 N–H and O–H groups in total. The number of rotatable bonds is 3. The topological polar surface area (TPSA) is 43.1 Å². The maximum Gasteiger partial charge on any atom is 0.0386 e. The zero-order valence-electron chi connectivity index (χ0n) is 8.66. The van der Waals surface area contributed by atoms with Gasteiger partial charge < -0.3 is 5.73 Å². The summed E-state index contributed by atoms with van der Waals surface area (Å²) >= 11 is 0. The van der Waals surface area contributed by atoms with Crippen molar-refractivity contribution < 1.29 is 4.21 Å². The Morgan fingerprint density at radius 2 is 2.23 bits per heavy atom. The molecule has 0 aromatic heterocycles. The van der Waals surface area contributed by atoms with Crippen molar-refractivity contribution in [3.63, 3.8) is 0 Å². The third-order valence-corrected chi connectivity index (χ3v) is 4.71. The van der Waals surface area contributed by atoms with Crippen LogP contribution in [0.15, 0.2) is 0 Å². The molecule has 1 aliphatic carbocycles. The molecular formula is C10H21NOS. The fourth-order valence-corrected chi connectivity index (χ4v) is 3.78. The summed E-state index contributed by atoms with van der Waals surface area (Å²) in [5.41, 5.74) is 5.64. The number of nitrogens with two attached hydrogens (primary N) is 1. The second-order valence-corrected chi connectivity index (χ2v) is 6.18. The molecule has 0 bridgehead atoms. The minimum atomic E-state index is -0.682. The Morgan fingerprint density at radius 1 is 1.54 bits per heavy atom. The Bertz CT molecular complexity index is 182. The highest BCUT2D eigenvalue weighted by molar-refractivity contribution is 7.85. The highest BCUT2D eigenvalue weighted by atomic mass is 32.2. The molecule has 0 amide bonds. The van der Waals surface area contributed by atoms with Crippen molar-refractivity contribution in [1.29, 1.82) is 0 Å². The minimum Gasteiger partial charge on any atom is -0.327 e. The molecule has 0 aromatic rings. The van der Waals surface area contributed by atoms with Crippen LogP contribution in [0.4, 0.5) is 0 Å². The van der Waals surface area contributed by atoms with Gasteiger partial charge in [0.1, 0.15) is 0 Å². The minimum absolute atomic E-state index is 0.0815. The summed E-state index contributed by atoms with van der Waals surface area (Å²) in [5.74, 6) is 1.44. The van der Waals surface area contributed by atoms with E-state index in [1.165, 1.54) is 12.8 Å². The first kappa shape index (κ1) is 11.2. The molecular weight excluding hydrogens is 182 g/mol. The molecule has 4 unspecified atom stereocenters. The van der Waals surface area contributed by atoms with E-state index in [0.29, 0.717) is 11.0 Å². The summed E-state index contributed by atoms with van der Waals surface area (Å²) in [4.78, 5) is 0. The highest BCUT2D eigenvalue weighted by Crippen LogP contribution is 2.27. The molecule has 0 radical (unpaired) electrons. The summed E-state index contributed by atoms with van der Waals surface area (Å²) in [6.45, 7) is 4.19. The summed E-state index contributed by atoms with van der Waals surface area (Å²) in [6.07, 6.45) is 4.84. The Labute approximate surface area is 83.7 Å². The lowest BCUT2D eigenvalue weighted by Gasteiger charge is -2.26. The van der Waals surface area contributed by atoms with Gasteiger partial charge in [0.2, 0.25) is 0 Å². The Morgan fingerprint density at radius 3 is 2.77 bits per heavy atom. The predicted molar refractivity (Wildman–Crippen MR) is 58.1 cm³/mol. The van der Waals surface area contributed by atoms with Gasteiger partial charge >= 0.3 is 0 Å². The van der Waals surface area contributed by atoms with E-state index in [-0.39, 0.29) is 6.04 Å². The summed E-state index contributed by atoms with van der Waals surface area (Å²) in [7, 11) is -0.682. The van der Waals surface area contributed by atoms with Crippen LogP contribution in [0.5, 0.6) is 0 Å². The second-order valence-electron chi connectivity index (χ2n) is 4.42. The van der Waals surface area contributed by atoms with Crippen molar-refractivity contribution >= 4 is 10.8 Å². The van der Waals surface area contributed by atoms with E-state index in [9.17, 15) is 4.21 Å². The van der Waals surface area contributed by atoms with E-state index >= 15 is 0 Å². The van der Waals surface area contributed by atoms with Crippen LogP contribution in [0, 0.1) is 5.92 Å². The molecule has 13 heavy (non-hydrogen) atoms. The first-order valence-corrected chi connectivity index (χ1v) is 6.60. The third kappa shape index (κ3) is 3.77. The largest absolute Gasteiger partial charge is 0.327 e. The summed E-state index contributed by atoms with van der Waals surface area (Å²) in [5, 5.41) is 0.426. The standard InChI is InChI=1S/C10H21NOS/c1-8-4-3-5-10(6-8)13(12)7-9(2)11/h8-10H,3-7,11H2,1-2H3. The van der Waals surface area contributed by atoms with Gasteiger partial charge in [-0.3, -0.25) is 4.21 Å². The summed E-state index contributed by atoms with van der Waals surface area (Å²) < 4.78 is 11.8. The van der Waals surface area contributed by atoms with Gasteiger partial charge in [0.15, 0.2) is 0 Å². The molecule has 2 nitrogen and oxygen atoms in total. The maximum atomic E-state index is 11.8. The molecule has 1 fully saturated rings. The van der Waals surface area contributed by atoms with Crippen LogP contribution in [0.1, 0.15) is 39.5 Å². The van der Waals surface area contributed by atoms with Crippen LogP contribution in [0.3, 0.4) is 0 Å². The highest BCUT2D eigenvalue weighted by Gasteiger charge is 2.23. The van der Waals surface area contributed by atoms with Crippen LogP contribution in [0.25, 0.3) is 0 Å². The molecule has 1 rings (SSSR count). The lowest BCUT2D eigenvalue weighted by molar-refractivity contribution is 0.389. The van der Waals surface area contributed by atoms with E-state index in [2.05, 4.69) is 6.92 Å². The quantitative estimate of drug-likeness (QED) is 0.758. The van der Waals surface area contributed by atoms with Crippen LogP contribution in [-0.4, -0.2) is 21.3 Å². The molecule has 3 heteroatoms. The average Bonchev–Trinajstić information content (AvgIpc) is 2.03. The molecule has 4 atom stereocenters. The average molecular weight is 203 g/mol. The van der Waals surface area contributed by atoms with Gasteiger partial charge in [-0.05, 0) is 25.7 Å². The first-order chi connectivity index (χ1) is 6.09. The van der Waals surface area contributed by atoms with Gasteiger partial charge in [0.05, 0.1) is 0 Å². The lowest BCUT2D eigenvalue weighted by atomic mass is 9.91. The molecule has 0 aromatic carbocycles. The molecule has 0 heterocycles. The SMILES string of the molecule is CC(N)CS(=O)C1CCCC(C)C1. The predicted octanol–water partition coefficient (Wildman–Crippen LogP) is 1.66. The number of hydrogen-bond donors (Lipinski definition) is 1. The third-order valence-electron chi connectivity index (χ3n) is 2.69. The Balaban J connectivity index is 2.37. The van der Waals surface area contributed by atoms with E-state index in [0.717, 1.165) is 18.8 Å². The van der Waals surface area contributed by atoms with Gasteiger partial charge in [0, 0.05) is 27.8 Å². The number of hydrogen-bond acceptors (Lipinski definition) is 2. The molecule has 78 valence electrons. The van der Waals surface area contributed by atoms with E-state index in [4.69, 9.17) is 5.73 Å². The van der Waals surface area contributed by atoms with Crippen molar-refractivity contribution in [2.24, 2.45) is 11.7 Å². The van der Waals surface area contributed by atoms with Crippen molar-refractivity contribution in [2.75, 3.05) is 5.75 Å². The van der Waals surface area contributed by atoms with E-state index in [1.54, 1.807) is 0 Å². The van der Waals surface area contributed by atoms with E-state index in [1.807, 2.05) is 6.92 Å². The van der Waals surface area contributed by atoms with E-state index < -0.39 is 10.8 Å². The van der Waals surface area contributed by atoms with Gasteiger partial charge in [-0.2, -0.15) is 0 Å². The second kappa shape index (κ2) is 5.11.